The average Bonchev–Trinajstić information content (AvgIpc) is 4.06. The maximum Gasteiger partial charge on any atom is 0.0725 e. The summed E-state index contributed by atoms with van der Waals surface area (Å²) in [5, 5.41) is 2.66. The van der Waals surface area contributed by atoms with Gasteiger partial charge in [-0.25, -0.2) is 0 Å². The second kappa shape index (κ2) is 16.2. The molecule has 0 amide bonds. The van der Waals surface area contributed by atoms with E-state index in [1.54, 1.807) is 0 Å². The van der Waals surface area contributed by atoms with Gasteiger partial charge in [-0.15, -0.1) is 11.3 Å². The Morgan fingerprint density at radius 2 is 0.829 bits per heavy atom. The van der Waals surface area contributed by atoms with Gasteiger partial charge >= 0.3 is 0 Å². The summed E-state index contributed by atoms with van der Waals surface area (Å²) < 4.78 is 2.66. The van der Waals surface area contributed by atoms with Crippen LogP contribution in [0.2, 0.25) is 0 Å². The second-order valence-electron chi connectivity index (χ2n) is 19.2. The molecule has 2 heteroatoms. The van der Waals surface area contributed by atoms with Crippen LogP contribution in [-0.2, 0) is 5.41 Å². The van der Waals surface area contributed by atoms with Gasteiger partial charge < -0.3 is 4.90 Å². The van der Waals surface area contributed by atoms with Gasteiger partial charge in [0, 0.05) is 43.2 Å². The van der Waals surface area contributed by atoms with E-state index in [9.17, 15) is 0 Å². The van der Waals surface area contributed by atoms with Crippen molar-refractivity contribution >= 4 is 48.5 Å². The van der Waals surface area contributed by atoms with E-state index in [-0.39, 0.29) is 11.3 Å². The smallest absolute Gasteiger partial charge is 0.0725 e. The van der Waals surface area contributed by atoms with Crippen LogP contribution in [0.4, 0.5) is 11.4 Å². The number of hydrogen-bond acceptors (Lipinski definition) is 2. The lowest BCUT2D eigenvalue weighted by molar-refractivity contribution is 0.680. The molecule has 1 spiro atoms. The number of hydrogen-bond donors (Lipinski definition) is 0. The molecule has 2 unspecified atom stereocenters. The lowest BCUT2D eigenvalue weighted by atomic mass is 9.70. The number of rotatable bonds is 7. The first kappa shape index (κ1) is 40.7. The minimum Gasteiger partial charge on any atom is -0.314 e. The fourth-order valence-electron chi connectivity index (χ4n) is 12.1. The van der Waals surface area contributed by atoms with Gasteiger partial charge in [0.2, 0.25) is 0 Å². The molecule has 1 nitrogen and oxygen atoms in total. The summed E-state index contributed by atoms with van der Waals surface area (Å²) in [5.41, 5.74) is 24.0. The maximum atomic E-state index is 2.49. The molecule has 0 fully saturated rings. The van der Waals surface area contributed by atoms with Crippen molar-refractivity contribution in [3.05, 3.63) is 282 Å². The molecule has 3 aliphatic rings. The average molecular weight is 910 g/mol. The van der Waals surface area contributed by atoms with Gasteiger partial charge in [-0.05, 0) is 150 Å². The quantitative estimate of drug-likeness (QED) is 0.154. The molecule has 1 heterocycles. The van der Waals surface area contributed by atoms with Crippen molar-refractivity contribution in [3.63, 3.8) is 0 Å². The van der Waals surface area contributed by atoms with Crippen LogP contribution < -0.4 is 4.90 Å². The van der Waals surface area contributed by atoms with Gasteiger partial charge in [-0.3, -0.25) is 0 Å². The lowest BCUT2D eigenvalue weighted by Gasteiger charge is -2.34. The third-order valence-corrected chi connectivity index (χ3v) is 16.5. The summed E-state index contributed by atoms with van der Waals surface area (Å²) in [7, 11) is 0. The molecule has 3 aliphatic carbocycles. The van der Waals surface area contributed by atoms with E-state index in [0.717, 1.165) is 17.8 Å². The minimum atomic E-state index is -0.385. The van der Waals surface area contributed by atoms with Crippen molar-refractivity contribution in [1.82, 2.24) is 0 Å². The Labute approximate surface area is 413 Å². The first-order chi connectivity index (χ1) is 34.6. The Morgan fingerprint density at radius 1 is 0.371 bits per heavy atom. The molecule has 2 atom stereocenters. The van der Waals surface area contributed by atoms with Crippen molar-refractivity contribution in [1.29, 1.82) is 0 Å². The lowest BCUT2D eigenvalue weighted by Crippen LogP contribution is -2.25. The van der Waals surface area contributed by atoms with E-state index >= 15 is 0 Å². The van der Waals surface area contributed by atoms with Gasteiger partial charge in [0.25, 0.3) is 0 Å². The largest absolute Gasteiger partial charge is 0.314 e. The van der Waals surface area contributed by atoms with Crippen LogP contribution in [0.1, 0.15) is 41.2 Å². The van der Waals surface area contributed by atoms with Gasteiger partial charge in [0.05, 0.1) is 5.41 Å². The number of thiophene rings is 1. The van der Waals surface area contributed by atoms with E-state index in [4.69, 9.17) is 0 Å². The summed E-state index contributed by atoms with van der Waals surface area (Å²) >= 11 is 1.87. The molecule has 0 radical (unpaired) electrons. The summed E-state index contributed by atoms with van der Waals surface area (Å²) in [6.45, 7) is 2.40. The van der Waals surface area contributed by atoms with E-state index in [0.29, 0.717) is 0 Å². The standard InChI is InChI=1S/C68H47NS/c1-44-40-49(51-30-38-64-60(42-51)56-19-9-12-22-62(56)68(64)61-21-11-8-18-55(61)59-41-50(29-37-63(59)68)46-16-6-3-7-17-46)31-39-65(44)69(53-32-24-47(25-33-53)45-14-4-2-5-15-45)54-34-26-48(27-35-54)52-28-36-58-57-20-10-13-23-66(57)70-67(58)43-52/h2-39,41-44H,40H2,1H3. The van der Waals surface area contributed by atoms with Gasteiger partial charge in [-0.1, -0.05) is 201 Å². The highest BCUT2D eigenvalue weighted by atomic mass is 32.1. The number of anilines is 2. The molecule has 1 aromatic heterocycles. The van der Waals surface area contributed by atoms with Crippen LogP contribution in [0.3, 0.4) is 0 Å². The molecule has 14 rings (SSSR count). The zero-order valence-electron chi connectivity index (χ0n) is 38.8. The first-order valence-electron chi connectivity index (χ1n) is 24.5. The van der Waals surface area contributed by atoms with Crippen molar-refractivity contribution in [2.45, 2.75) is 18.8 Å². The summed E-state index contributed by atoms with van der Waals surface area (Å²) in [6, 6.07) is 88.2. The predicted octanol–water partition coefficient (Wildman–Crippen LogP) is 18.5. The fraction of sp³-hybridized carbons (Fsp3) is 0.0588. The molecule has 70 heavy (non-hydrogen) atoms. The van der Waals surface area contributed by atoms with Crippen LogP contribution in [-0.4, -0.2) is 0 Å². The highest BCUT2D eigenvalue weighted by molar-refractivity contribution is 7.25. The highest BCUT2D eigenvalue weighted by Crippen LogP contribution is 2.63. The van der Waals surface area contributed by atoms with E-state index in [1.165, 1.54) is 115 Å². The van der Waals surface area contributed by atoms with Crippen molar-refractivity contribution < 1.29 is 0 Å². The molecule has 0 saturated heterocycles. The molecular weight excluding hydrogens is 863 g/mol. The Hall–Kier alpha value is -8.30. The minimum absolute atomic E-state index is 0.253. The predicted molar refractivity (Wildman–Crippen MR) is 297 cm³/mol. The maximum absolute atomic E-state index is 2.49. The zero-order valence-corrected chi connectivity index (χ0v) is 39.6. The van der Waals surface area contributed by atoms with Crippen LogP contribution >= 0.6 is 11.3 Å². The fourth-order valence-corrected chi connectivity index (χ4v) is 13.3. The summed E-state index contributed by atoms with van der Waals surface area (Å²) in [4.78, 5) is 2.48. The van der Waals surface area contributed by atoms with E-state index in [1.807, 2.05) is 11.3 Å². The number of allylic oxidation sites excluding steroid dienone is 4. The zero-order chi connectivity index (χ0) is 46.3. The molecule has 0 bridgehead atoms. The Bertz CT molecular complexity index is 3910. The van der Waals surface area contributed by atoms with Gasteiger partial charge in [0.15, 0.2) is 0 Å². The highest BCUT2D eigenvalue weighted by Gasteiger charge is 2.51. The molecule has 11 aromatic rings. The third kappa shape index (κ3) is 6.30. The van der Waals surface area contributed by atoms with Gasteiger partial charge in [-0.2, -0.15) is 0 Å². The molecule has 10 aromatic carbocycles. The molecule has 0 saturated carbocycles. The van der Waals surface area contributed by atoms with E-state index in [2.05, 4.69) is 261 Å². The molecule has 0 aliphatic heterocycles. The van der Waals surface area contributed by atoms with Gasteiger partial charge in [0.1, 0.15) is 0 Å². The molecule has 330 valence electrons. The molecule has 0 N–H and O–H groups in total. The van der Waals surface area contributed by atoms with Crippen LogP contribution in [0.5, 0.6) is 0 Å². The Balaban J connectivity index is 0.849. The SMILES string of the molecule is CC1CC(c2ccc3c(c2)-c2ccccc2C32c3ccccc3-c3cc(-c4ccccc4)ccc32)=CC=C1N(c1ccc(-c2ccccc2)cc1)c1ccc(-c2ccc3c(c2)sc2ccccc23)cc1. The van der Waals surface area contributed by atoms with Crippen molar-refractivity contribution in [2.24, 2.45) is 5.92 Å². The van der Waals surface area contributed by atoms with Crippen molar-refractivity contribution in [3.8, 4) is 55.6 Å². The van der Waals surface area contributed by atoms with Crippen molar-refractivity contribution in [2.75, 3.05) is 4.90 Å². The monoisotopic (exact) mass is 909 g/mol. The molecular formula is C68H47NS. The Morgan fingerprint density at radius 3 is 1.47 bits per heavy atom. The Kier molecular flexibility index (Phi) is 9.41. The first-order valence-corrected chi connectivity index (χ1v) is 25.3. The topological polar surface area (TPSA) is 3.24 Å². The number of benzene rings is 10. The van der Waals surface area contributed by atoms with Crippen LogP contribution in [0.15, 0.2) is 254 Å². The number of nitrogens with zero attached hydrogens (tertiary/aromatic N) is 1. The van der Waals surface area contributed by atoms with E-state index < -0.39 is 0 Å². The summed E-state index contributed by atoms with van der Waals surface area (Å²) in [6.07, 6.45) is 5.70. The number of fused-ring (bicyclic) bond motifs is 13. The summed E-state index contributed by atoms with van der Waals surface area (Å²) in [5.74, 6) is 0.253. The van der Waals surface area contributed by atoms with Crippen LogP contribution in [0.25, 0.3) is 81.4 Å². The normalized spacial score (nSPS) is 16.4. The van der Waals surface area contributed by atoms with Crippen LogP contribution in [0, 0.1) is 5.92 Å². The third-order valence-electron chi connectivity index (χ3n) is 15.4. The second-order valence-corrected chi connectivity index (χ2v) is 20.3.